The normalized spacial score (nSPS) is 20.9. The topological polar surface area (TPSA) is 98.9 Å². The van der Waals surface area contributed by atoms with E-state index >= 15 is 0 Å². The fourth-order valence-corrected chi connectivity index (χ4v) is 4.83. The predicted octanol–water partition coefficient (Wildman–Crippen LogP) is 2.45. The highest BCUT2D eigenvalue weighted by molar-refractivity contribution is 7.89. The molecule has 0 aliphatic carbocycles. The summed E-state index contributed by atoms with van der Waals surface area (Å²) in [6.45, 7) is 7.72. The number of hydrogen-bond donors (Lipinski definition) is 0. The van der Waals surface area contributed by atoms with Crippen LogP contribution in [-0.2, 0) is 26.1 Å². The Kier molecular flexibility index (Phi) is 5.87. The minimum Gasteiger partial charge on any atom is -0.457 e. The van der Waals surface area contributed by atoms with Gasteiger partial charge in [-0.2, -0.15) is 4.31 Å². The molecule has 0 radical (unpaired) electrons. The molecule has 9 heteroatoms. The summed E-state index contributed by atoms with van der Waals surface area (Å²) in [6, 6.07) is 5.88. The maximum atomic E-state index is 13.0. The number of morpholine rings is 1. The lowest BCUT2D eigenvalue weighted by Gasteiger charge is -2.34. The number of sulfonamides is 1. The van der Waals surface area contributed by atoms with Crippen molar-refractivity contribution < 1.29 is 27.2 Å². The summed E-state index contributed by atoms with van der Waals surface area (Å²) in [5, 5.41) is 3.82. The molecule has 28 heavy (non-hydrogen) atoms. The van der Waals surface area contributed by atoms with Crippen LogP contribution >= 0.6 is 0 Å². The van der Waals surface area contributed by atoms with Crippen LogP contribution in [0.1, 0.15) is 41.2 Å². The highest BCUT2D eigenvalue weighted by Crippen LogP contribution is 2.22. The average molecular weight is 408 g/mol. The summed E-state index contributed by atoms with van der Waals surface area (Å²) in [5.41, 5.74) is 1.52. The minimum absolute atomic E-state index is 0.00940. The Hall–Kier alpha value is -2.23. The first-order valence-electron chi connectivity index (χ1n) is 9.03. The van der Waals surface area contributed by atoms with Crippen LogP contribution in [0.25, 0.3) is 0 Å². The minimum atomic E-state index is -3.73. The van der Waals surface area contributed by atoms with Crippen LogP contribution in [0.5, 0.6) is 0 Å². The predicted molar refractivity (Wildman–Crippen MR) is 100 cm³/mol. The second kappa shape index (κ2) is 8.02. The van der Waals surface area contributed by atoms with Crippen LogP contribution in [0.4, 0.5) is 0 Å². The molecule has 1 aromatic heterocycles. The maximum Gasteiger partial charge on any atom is 0.338 e. The van der Waals surface area contributed by atoms with Crippen molar-refractivity contribution in [2.45, 2.75) is 51.4 Å². The zero-order valence-corrected chi connectivity index (χ0v) is 17.2. The molecule has 1 aromatic carbocycles. The Balaban J connectivity index is 1.77. The largest absolute Gasteiger partial charge is 0.457 e. The quantitative estimate of drug-likeness (QED) is 0.701. The lowest BCUT2D eigenvalue weighted by Crippen LogP contribution is -2.48. The lowest BCUT2D eigenvalue weighted by molar-refractivity contribution is -0.0440. The lowest BCUT2D eigenvalue weighted by atomic mass is 10.2. The van der Waals surface area contributed by atoms with Crippen molar-refractivity contribution in [2.75, 3.05) is 13.1 Å². The maximum absolute atomic E-state index is 13.0. The van der Waals surface area contributed by atoms with Gasteiger partial charge in [0.25, 0.3) is 0 Å². The molecule has 0 unspecified atom stereocenters. The van der Waals surface area contributed by atoms with E-state index in [4.69, 9.17) is 14.0 Å². The van der Waals surface area contributed by atoms with Gasteiger partial charge in [0.2, 0.25) is 10.0 Å². The van der Waals surface area contributed by atoms with Crippen molar-refractivity contribution in [3.05, 3.63) is 46.8 Å². The van der Waals surface area contributed by atoms with E-state index in [-0.39, 0.29) is 42.4 Å². The summed E-state index contributed by atoms with van der Waals surface area (Å²) in [4.78, 5) is 12.5. The molecule has 1 aliphatic rings. The van der Waals surface area contributed by atoms with Gasteiger partial charge in [0, 0.05) is 13.1 Å². The molecule has 1 fully saturated rings. The third-order valence-electron chi connectivity index (χ3n) is 4.62. The Morgan fingerprint density at radius 3 is 2.54 bits per heavy atom. The zero-order chi connectivity index (χ0) is 20.5. The number of ether oxygens (including phenoxy) is 2. The molecule has 3 rings (SSSR count). The van der Waals surface area contributed by atoms with Crippen LogP contribution in [0.3, 0.4) is 0 Å². The molecule has 2 atom stereocenters. The molecular formula is C19H24N2O6S. The van der Waals surface area contributed by atoms with Gasteiger partial charge < -0.3 is 14.0 Å². The number of aromatic nitrogens is 1. The number of aryl methyl sites for hydroxylation is 2. The second-order valence-corrected chi connectivity index (χ2v) is 8.92. The van der Waals surface area contributed by atoms with Gasteiger partial charge in [0.05, 0.1) is 33.9 Å². The summed E-state index contributed by atoms with van der Waals surface area (Å²) >= 11 is 0. The number of rotatable bonds is 5. The van der Waals surface area contributed by atoms with Gasteiger partial charge in [-0.3, -0.25) is 0 Å². The monoisotopic (exact) mass is 408 g/mol. The van der Waals surface area contributed by atoms with Crippen molar-refractivity contribution in [3.8, 4) is 0 Å². The van der Waals surface area contributed by atoms with Crippen molar-refractivity contribution >= 4 is 16.0 Å². The van der Waals surface area contributed by atoms with Crippen molar-refractivity contribution in [1.82, 2.24) is 9.46 Å². The molecule has 8 nitrogen and oxygen atoms in total. The van der Waals surface area contributed by atoms with Gasteiger partial charge in [-0.05, 0) is 45.9 Å². The number of carbonyl (C=O) groups excluding carboxylic acids is 1. The third kappa shape index (κ3) is 4.26. The smallest absolute Gasteiger partial charge is 0.338 e. The van der Waals surface area contributed by atoms with Gasteiger partial charge >= 0.3 is 5.97 Å². The van der Waals surface area contributed by atoms with Gasteiger partial charge in [-0.15, -0.1) is 0 Å². The number of carbonyl (C=O) groups is 1. The van der Waals surface area contributed by atoms with Crippen LogP contribution in [0.2, 0.25) is 0 Å². The number of nitrogens with zero attached hydrogens (tertiary/aromatic N) is 2. The van der Waals surface area contributed by atoms with E-state index in [0.717, 1.165) is 0 Å². The third-order valence-corrected chi connectivity index (χ3v) is 6.45. The molecule has 152 valence electrons. The SMILES string of the molecule is Cc1noc(C)c1COC(=O)c1cccc(S(=O)(=O)N2C[C@@H](C)O[C@@H](C)C2)c1. The molecule has 1 aliphatic heterocycles. The molecular weight excluding hydrogens is 384 g/mol. The molecule has 2 aromatic rings. The molecule has 1 saturated heterocycles. The fraction of sp³-hybridized carbons (Fsp3) is 0.474. The molecule has 2 heterocycles. The summed E-state index contributed by atoms with van der Waals surface area (Å²) in [7, 11) is -3.73. The summed E-state index contributed by atoms with van der Waals surface area (Å²) < 4.78 is 43.3. The number of esters is 1. The highest BCUT2D eigenvalue weighted by Gasteiger charge is 2.32. The Labute approximate surface area is 164 Å². The van der Waals surface area contributed by atoms with E-state index < -0.39 is 16.0 Å². The molecule has 0 saturated carbocycles. The van der Waals surface area contributed by atoms with Gasteiger partial charge in [-0.1, -0.05) is 11.2 Å². The van der Waals surface area contributed by atoms with Crippen LogP contribution in [-0.4, -0.2) is 49.1 Å². The van der Waals surface area contributed by atoms with Crippen LogP contribution in [0.15, 0.2) is 33.7 Å². The number of benzene rings is 1. The van der Waals surface area contributed by atoms with Crippen LogP contribution in [0, 0.1) is 13.8 Å². The highest BCUT2D eigenvalue weighted by atomic mass is 32.2. The van der Waals surface area contributed by atoms with E-state index in [1.54, 1.807) is 13.8 Å². The average Bonchev–Trinajstić information content (AvgIpc) is 2.97. The second-order valence-electron chi connectivity index (χ2n) is 6.99. The summed E-state index contributed by atoms with van der Waals surface area (Å²) in [6.07, 6.45) is -0.386. The first-order chi connectivity index (χ1) is 13.2. The standard InChI is InChI=1S/C19H24N2O6S/c1-12-9-21(10-13(2)26-12)28(23,24)17-7-5-6-16(8-17)19(22)25-11-18-14(3)20-27-15(18)4/h5-8,12-13H,9-11H2,1-4H3/t12-,13+. The number of hydrogen-bond acceptors (Lipinski definition) is 7. The Morgan fingerprint density at radius 1 is 1.25 bits per heavy atom. The van der Waals surface area contributed by atoms with Crippen molar-refractivity contribution in [2.24, 2.45) is 0 Å². The zero-order valence-electron chi connectivity index (χ0n) is 16.3. The van der Waals surface area contributed by atoms with E-state index in [1.165, 1.54) is 28.6 Å². The first-order valence-corrected chi connectivity index (χ1v) is 10.5. The Bertz CT molecular complexity index is 939. The van der Waals surface area contributed by atoms with Gasteiger partial charge in [0.15, 0.2) is 0 Å². The molecule has 0 bridgehead atoms. The van der Waals surface area contributed by atoms with Crippen LogP contribution < -0.4 is 0 Å². The van der Waals surface area contributed by atoms with E-state index in [1.807, 2.05) is 13.8 Å². The molecule has 0 N–H and O–H groups in total. The van der Waals surface area contributed by atoms with Gasteiger partial charge in [0.1, 0.15) is 12.4 Å². The molecule has 0 spiro atoms. The van der Waals surface area contributed by atoms with E-state index in [9.17, 15) is 13.2 Å². The van der Waals surface area contributed by atoms with E-state index in [2.05, 4.69) is 5.16 Å². The van der Waals surface area contributed by atoms with E-state index in [0.29, 0.717) is 17.0 Å². The molecule has 0 amide bonds. The first kappa shape index (κ1) is 20.5. The Morgan fingerprint density at radius 2 is 1.93 bits per heavy atom. The van der Waals surface area contributed by atoms with Gasteiger partial charge in [-0.25, -0.2) is 13.2 Å². The van der Waals surface area contributed by atoms with Crippen molar-refractivity contribution in [3.63, 3.8) is 0 Å². The fourth-order valence-electron chi connectivity index (χ4n) is 3.19. The van der Waals surface area contributed by atoms with Crippen molar-refractivity contribution in [1.29, 1.82) is 0 Å². The summed E-state index contributed by atoms with van der Waals surface area (Å²) in [5.74, 6) is -0.0297.